The second-order valence-electron chi connectivity index (χ2n) is 5.18. The average Bonchev–Trinajstić information content (AvgIpc) is 2.40. The van der Waals surface area contributed by atoms with Gasteiger partial charge in [-0.3, -0.25) is 0 Å². The molecule has 0 amide bonds. The highest BCUT2D eigenvalue weighted by Crippen LogP contribution is 2.39. The quantitative estimate of drug-likeness (QED) is 0.867. The molecule has 0 atom stereocenters. The van der Waals surface area contributed by atoms with Gasteiger partial charge in [-0.1, -0.05) is 43.5 Å². The van der Waals surface area contributed by atoms with Crippen molar-refractivity contribution in [2.24, 2.45) is 5.73 Å². The lowest BCUT2D eigenvalue weighted by Crippen LogP contribution is -2.33. The van der Waals surface area contributed by atoms with E-state index in [0.717, 1.165) is 6.61 Å². The minimum atomic E-state index is 0.250. The molecule has 2 heteroatoms. The number of nitrogens with two attached hydrogens (primary N) is 1. The molecular weight excluding hydrogens is 210 g/mol. The Morgan fingerprint density at radius 1 is 1.12 bits per heavy atom. The van der Waals surface area contributed by atoms with Gasteiger partial charge in [-0.15, -0.1) is 0 Å². The molecule has 0 bridgehead atoms. The fourth-order valence-electron chi connectivity index (χ4n) is 3.02. The van der Waals surface area contributed by atoms with E-state index in [1.165, 1.54) is 43.2 Å². The molecule has 1 aromatic rings. The molecule has 0 heterocycles. The van der Waals surface area contributed by atoms with Gasteiger partial charge in [0.2, 0.25) is 0 Å². The third kappa shape index (κ3) is 2.70. The molecule has 94 valence electrons. The van der Waals surface area contributed by atoms with Crippen molar-refractivity contribution in [3.8, 4) is 0 Å². The maximum absolute atomic E-state index is 5.65. The van der Waals surface area contributed by atoms with Crippen molar-refractivity contribution in [3.63, 3.8) is 0 Å². The highest BCUT2D eigenvalue weighted by atomic mass is 16.5. The Morgan fingerprint density at radius 3 is 2.29 bits per heavy atom. The third-order valence-corrected chi connectivity index (χ3v) is 4.03. The predicted octanol–water partition coefficient (Wildman–Crippen LogP) is 2.99. The van der Waals surface area contributed by atoms with Gasteiger partial charge >= 0.3 is 0 Å². The van der Waals surface area contributed by atoms with Gasteiger partial charge in [0.05, 0.1) is 6.61 Å². The lowest BCUT2D eigenvalue weighted by atomic mass is 9.70. The van der Waals surface area contributed by atoms with Crippen LogP contribution in [0.2, 0.25) is 0 Å². The summed E-state index contributed by atoms with van der Waals surface area (Å²) in [4.78, 5) is 0. The van der Waals surface area contributed by atoms with Crippen molar-refractivity contribution >= 4 is 0 Å². The van der Waals surface area contributed by atoms with Gasteiger partial charge in [0.25, 0.3) is 0 Å². The fraction of sp³-hybridized carbons (Fsp3) is 0.600. The summed E-state index contributed by atoms with van der Waals surface area (Å²) in [5.74, 6) is 0. The SMILES string of the molecule is COCC1(c2ccc(CN)cc2)CCCCC1. The Bertz CT molecular complexity index is 333. The fourth-order valence-corrected chi connectivity index (χ4v) is 3.02. The molecule has 1 aliphatic rings. The molecular formula is C15H23NO. The number of rotatable bonds is 4. The summed E-state index contributed by atoms with van der Waals surface area (Å²) in [5.41, 5.74) is 8.53. The van der Waals surface area contributed by atoms with E-state index in [9.17, 15) is 0 Å². The van der Waals surface area contributed by atoms with Gasteiger partial charge in [0.15, 0.2) is 0 Å². The molecule has 2 N–H and O–H groups in total. The topological polar surface area (TPSA) is 35.2 Å². The normalized spacial score (nSPS) is 19.2. The number of hydrogen-bond donors (Lipinski definition) is 1. The molecule has 0 spiro atoms. The van der Waals surface area contributed by atoms with Crippen LogP contribution in [0, 0.1) is 0 Å². The number of benzene rings is 1. The summed E-state index contributed by atoms with van der Waals surface area (Å²) < 4.78 is 5.47. The number of hydrogen-bond acceptors (Lipinski definition) is 2. The lowest BCUT2D eigenvalue weighted by molar-refractivity contribution is 0.103. The van der Waals surface area contributed by atoms with E-state index in [1.54, 1.807) is 0 Å². The van der Waals surface area contributed by atoms with Crippen molar-refractivity contribution in [2.75, 3.05) is 13.7 Å². The third-order valence-electron chi connectivity index (χ3n) is 4.03. The number of ether oxygens (including phenoxy) is 1. The Labute approximate surface area is 104 Å². The van der Waals surface area contributed by atoms with Crippen LogP contribution < -0.4 is 5.73 Å². The standard InChI is InChI=1S/C15H23NO/c1-17-12-15(9-3-2-4-10-15)14-7-5-13(11-16)6-8-14/h5-8H,2-4,9-12,16H2,1H3. The minimum Gasteiger partial charge on any atom is -0.384 e. The van der Waals surface area contributed by atoms with Crippen molar-refractivity contribution in [1.29, 1.82) is 0 Å². The van der Waals surface area contributed by atoms with Crippen molar-refractivity contribution < 1.29 is 4.74 Å². The van der Waals surface area contributed by atoms with Gasteiger partial charge in [0, 0.05) is 19.1 Å². The molecule has 1 aromatic carbocycles. The van der Waals surface area contributed by atoms with Crippen molar-refractivity contribution in [3.05, 3.63) is 35.4 Å². The smallest absolute Gasteiger partial charge is 0.0559 e. The second kappa shape index (κ2) is 5.65. The first-order valence-corrected chi connectivity index (χ1v) is 6.59. The summed E-state index contributed by atoms with van der Waals surface area (Å²) in [6.45, 7) is 1.46. The highest BCUT2D eigenvalue weighted by molar-refractivity contribution is 5.30. The van der Waals surface area contributed by atoms with Crippen molar-refractivity contribution in [2.45, 2.75) is 44.1 Å². The van der Waals surface area contributed by atoms with Crippen molar-refractivity contribution in [1.82, 2.24) is 0 Å². The summed E-state index contributed by atoms with van der Waals surface area (Å²) in [7, 11) is 1.81. The summed E-state index contributed by atoms with van der Waals surface area (Å²) in [5, 5.41) is 0. The molecule has 2 nitrogen and oxygen atoms in total. The van der Waals surface area contributed by atoms with E-state index < -0.39 is 0 Å². The maximum atomic E-state index is 5.65. The molecule has 0 aromatic heterocycles. The molecule has 1 saturated carbocycles. The molecule has 1 fully saturated rings. The first kappa shape index (κ1) is 12.6. The molecule has 0 radical (unpaired) electrons. The molecule has 0 saturated heterocycles. The molecule has 2 rings (SSSR count). The first-order chi connectivity index (χ1) is 8.30. The van der Waals surface area contributed by atoms with E-state index in [-0.39, 0.29) is 5.41 Å². The zero-order valence-electron chi connectivity index (χ0n) is 10.7. The van der Waals surface area contributed by atoms with E-state index in [0.29, 0.717) is 6.54 Å². The average molecular weight is 233 g/mol. The van der Waals surface area contributed by atoms with Crippen LogP contribution in [0.5, 0.6) is 0 Å². The first-order valence-electron chi connectivity index (χ1n) is 6.59. The largest absolute Gasteiger partial charge is 0.384 e. The second-order valence-corrected chi connectivity index (χ2v) is 5.18. The van der Waals surface area contributed by atoms with Crippen LogP contribution in [0.4, 0.5) is 0 Å². The zero-order chi connectivity index (χ0) is 12.1. The minimum absolute atomic E-state index is 0.250. The molecule has 1 aliphatic carbocycles. The molecule has 0 unspecified atom stereocenters. The van der Waals surface area contributed by atoms with E-state index in [2.05, 4.69) is 24.3 Å². The Hall–Kier alpha value is -0.860. The predicted molar refractivity (Wildman–Crippen MR) is 71.0 cm³/mol. The van der Waals surface area contributed by atoms with E-state index >= 15 is 0 Å². The van der Waals surface area contributed by atoms with Gasteiger partial charge in [-0.05, 0) is 24.0 Å². The van der Waals surface area contributed by atoms with Crippen LogP contribution in [0.1, 0.15) is 43.2 Å². The Kier molecular flexibility index (Phi) is 4.19. The number of methoxy groups -OCH3 is 1. The van der Waals surface area contributed by atoms with Gasteiger partial charge < -0.3 is 10.5 Å². The van der Waals surface area contributed by atoms with Crippen LogP contribution in [0.25, 0.3) is 0 Å². The van der Waals surface area contributed by atoms with E-state index in [1.807, 2.05) is 7.11 Å². The van der Waals surface area contributed by atoms with Crippen LogP contribution in [0.3, 0.4) is 0 Å². The Morgan fingerprint density at radius 2 is 1.76 bits per heavy atom. The van der Waals surface area contributed by atoms with Gasteiger partial charge in [-0.25, -0.2) is 0 Å². The summed E-state index contributed by atoms with van der Waals surface area (Å²) in [6.07, 6.45) is 6.52. The van der Waals surface area contributed by atoms with Gasteiger partial charge in [0.1, 0.15) is 0 Å². The Balaban J connectivity index is 2.24. The van der Waals surface area contributed by atoms with Gasteiger partial charge in [-0.2, -0.15) is 0 Å². The lowest BCUT2D eigenvalue weighted by Gasteiger charge is -2.37. The van der Waals surface area contributed by atoms with Crippen LogP contribution in [-0.4, -0.2) is 13.7 Å². The summed E-state index contributed by atoms with van der Waals surface area (Å²) >= 11 is 0. The highest BCUT2D eigenvalue weighted by Gasteiger charge is 2.33. The van der Waals surface area contributed by atoms with E-state index in [4.69, 9.17) is 10.5 Å². The molecule has 0 aliphatic heterocycles. The molecule has 17 heavy (non-hydrogen) atoms. The zero-order valence-corrected chi connectivity index (χ0v) is 10.7. The maximum Gasteiger partial charge on any atom is 0.0559 e. The van der Waals surface area contributed by atoms with Crippen LogP contribution in [0.15, 0.2) is 24.3 Å². The van der Waals surface area contributed by atoms with Crippen LogP contribution >= 0.6 is 0 Å². The summed E-state index contributed by atoms with van der Waals surface area (Å²) in [6, 6.07) is 8.79. The van der Waals surface area contributed by atoms with Crippen LogP contribution in [-0.2, 0) is 16.7 Å². The monoisotopic (exact) mass is 233 g/mol.